The normalized spacial score (nSPS) is 26.0. The van der Waals surface area contributed by atoms with Gasteiger partial charge < -0.3 is 14.4 Å². The maximum absolute atomic E-state index is 6.09. The number of likely N-dealkylation sites (tertiary alicyclic amines) is 1. The Morgan fingerprint density at radius 1 is 1.25 bits per heavy atom. The monoisotopic (exact) mass is 275 g/mol. The first kappa shape index (κ1) is 13.9. The van der Waals surface area contributed by atoms with Gasteiger partial charge in [0.1, 0.15) is 5.75 Å². The fraction of sp³-hybridized carbons (Fsp3) is 0.647. The molecule has 2 fully saturated rings. The van der Waals surface area contributed by atoms with E-state index in [9.17, 15) is 0 Å². The topological polar surface area (TPSA) is 21.7 Å². The lowest BCUT2D eigenvalue weighted by molar-refractivity contribution is 0.0714. The van der Waals surface area contributed by atoms with Crippen LogP contribution in [0.15, 0.2) is 24.3 Å². The molecule has 0 radical (unpaired) electrons. The Labute approximate surface area is 121 Å². The van der Waals surface area contributed by atoms with E-state index in [1.54, 1.807) is 7.11 Å². The Bertz CT molecular complexity index is 435. The van der Waals surface area contributed by atoms with Gasteiger partial charge >= 0.3 is 0 Å². The summed E-state index contributed by atoms with van der Waals surface area (Å²) < 4.78 is 11.3. The zero-order chi connectivity index (χ0) is 14.0. The average Bonchev–Trinajstić information content (AvgIpc) is 2.86. The van der Waals surface area contributed by atoms with E-state index in [2.05, 4.69) is 24.1 Å². The van der Waals surface area contributed by atoms with E-state index in [0.29, 0.717) is 11.5 Å². The third-order valence-electron chi connectivity index (χ3n) is 4.96. The Kier molecular flexibility index (Phi) is 3.99. The molecule has 3 rings (SSSR count). The zero-order valence-electron chi connectivity index (χ0n) is 12.6. The molecule has 1 aromatic carbocycles. The number of nitrogens with zero attached hydrogens (tertiary/aromatic N) is 1. The third-order valence-corrected chi connectivity index (χ3v) is 4.96. The lowest BCUT2D eigenvalue weighted by Crippen LogP contribution is -2.38. The molecule has 0 saturated carbocycles. The largest absolute Gasteiger partial charge is 0.497 e. The van der Waals surface area contributed by atoms with Crippen LogP contribution in [0.1, 0.15) is 24.8 Å². The van der Waals surface area contributed by atoms with Crippen molar-refractivity contribution < 1.29 is 9.47 Å². The van der Waals surface area contributed by atoms with Gasteiger partial charge in [-0.1, -0.05) is 12.1 Å². The molecule has 3 heteroatoms. The van der Waals surface area contributed by atoms with Crippen molar-refractivity contribution in [3.63, 3.8) is 0 Å². The third kappa shape index (κ3) is 2.99. The second-order valence-corrected chi connectivity index (χ2v) is 6.49. The van der Waals surface area contributed by atoms with Gasteiger partial charge in [0, 0.05) is 0 Å². The van der Waals surface area contributed by atoms with Gasteiger partial charge in [0.2, 0.25) is 0 Å². The van der Waals surface area contributed by atoms with Gasteiger partial charge in [-0.3, -0.25) is 0 Å². The van der Waals surface area contributed by atoms with Gasteiger partial charge in [-0.2, -0.15) is 0 Å². The zero-order valence-corrected chi connectivity index (χ0v) is 12.6. The number of methoxy groups -OCH3 is 1. The molecule has 0 aliphatic carbocycles. The smallest absolute Gasteiger partial charge is 0.118 e. The van der Waals surface area contributed by atoms with Gasteiger partial charge in [-0.25, -0.2) is 0 Å². The van der Waals surface area contributed by atoms with Gasteiger partial charge in [0.05, 0.1) is 19.8 Å². The van der Waals surface area contributed by atoms with E-state index in [1.165, 1.54) is 37.9 Å². The molecule has 0 aromatic heterocycles. The van der Waals surface area contributed by atoms with E-state index in [0.717, 1.165) is 18.8 Å². The molecular weight excluding hydrogens is 250 g/mol. The first-order valence-electron chi connectivity index (χ1n) is 7.62. The van der Waals surface area contributed by atoms with Crippen LogP contribution in [-0.2, 0) is 11.2 Å². The molecule has 2 aliphatic heterocycles. The summed E-state index contributed by atoms with van der Waals surface area (Å²) in [7, 11) is 3.93. The van der Waals surface area contributed by atoms with E-state index < -0.39 is 0 Å². The molecule has 1 spiro atoms. The van der Waals surface area contributed by atoms with Crippen LogP contribution in [-0.4, -0.2) is 44.9 Å². The molecule has 1 aromatic rings. The second kappa shape index (κ2) is 5.74. The van der Waals surface area contributed by atoms with Gasteiger partial charge in [0.15, 0.2) is 0 Å². The second-order valence-electron chi connectivity index (χ2n) is 6.49. The van der Waals surface area contributed by atoms with Crippen molar-refractivity contribution in [2.75, 3.05) is 33.9 Å². The minimum atomic E-state index is 0.395. The summed E-state index contributed by atoms with van der Waals surface area (Å²) in [5, 5.41) is 0. The molecular formula is C17H25NO2. The summed E-state index contributed by atoms with van der Waals surface area (Å²) in [6, 6.07) is 8.38. The highest BCUT2D eigenvalue weighted by Gasteiger charge is 2.41. The maximum Gasteiger partial charge on any atom is 0.118 e. The Morgan fingerprint density at radius 2 is 1.95 bits per heavy atom. The van der Waals surface area contributed by atoms with Crippen molar-refractivity contribution in [2.24, 2.45) is 5.41 Å². The van der Waals surface area contributed by atoms with Crippen molar-refractivity contribution >= 4 is 0 Å². The number of ether oxygens (including phenoxy) is 2. The highest BCUT2D eigenvalue weighted by molar-refractivity contribution is 5.27. The summed E-state index contributed by atoms with van der Waals surface area (Å²) in [4.78, 5) is 2.43. The number of piperidine rings is 1. The van der Waals surface area contributed by atoms with E-state index in [-0.39, 0.29) is 0 Å². The Morgan fingerprint density at radius 3 is 2.60 bits per heavy atom. The summed E-state index contributed by atoms with van der Waals surface area (Å²) in [6.45, 7) is 3.40. The molecule has 1 atom stereocenters. The van der Waals surface area contributed by atoms with Crippen LogP contribution in [0, 0.1) is 5.41 Å². The predicted molar refractivity (Wildman–Crippen MR) is 80.2 cm³/mol. The van der Waals surface area contributed by atoms with E-state index in [1.807, 2.05) is 12.1 Å². The Hall–Kier alpha value is -1.06. The summed E-state index contributed by atoms with van der Waals surface area (Å²) >= 11 is 0. The minimum absolute atomic E-state index is 0.395. The average molecular weight is 275 g/mol. The molecule has 0 bridgehead atoms. The quantitative estimate of drug-likeness (QED) is 0.846. The first-order chi connectivity index (χ1) is 9.69. The van der Waals surface area contributed by atoms with E-state index >= 15 is 0 Å². The predicted octanol–water partition coefficient (Wildman–Crippen LogP) is 2.74. The highest BCUT2D eigenvalue weighted by Crippen LogP contribution is 2.42. The van der Waals surface area contributed by atoms with Crippen LogP contribution >= 0.6 is 0 Å². The molecule has 2 heterocycles. The number of hydrogen-bond acceptors (Lipinski definition) is 3. The van der Waals surface area contributed by atoms with Crippen LogP contribution in [0.3, 0.4) is 0 Å². The Balaban J connectivity index is 1.57. The van der Waals surface area contributed by atoms with Crippen molar-refractivity contribution in [1.82, 2.24) is 4.90 Å². The maximum atomic E-state index is 6.09. The fourth-order valence-electron chi connectivity index (χ4n) is 3.49. The summed E-state index contributed by atoms with van der Waals surface area (Å²) in [5.74, 6) is 0.924. The van der Waals surface area contributed by atoms with Crippen molar-refractivity contribution in [2.45, 2.75) is 31.8 Å². The first-order valence-corrected chi connectivity index (χ1v) is 7.62. The van der Waals surface area contributed by atoms with Gasteiger partial charge in [0.25, 0.3) is 0 Å². The highest BCUT2D eigenvalue weighted by atomic mass is 16.5. The van der Waals surface area contributed by atoms with Crippen molar-refractivity contribution in [3.05, 3.63) is 29.8 Å². The molecule has 110 valence electrons. The lowest BCUT2D eigenvalue weighted by atomic mass is 9.76. The van der Waals surface area contributed by atoms with Crippen LogP contribution < -0.4 is 4.74 Å². The van der Waals surface area contributed by atoms with Crippen LogP contribution in [0.4, 0.5) is 0 Å². The van der Waals surface area contributed by atoms with Crippen LogP contribution in [0.25, 0.3) is 0 Å². The van der Waals surface area contributed by atoms with Gasteiger partial charge in [-0.15, -0.1) is 0 Å². The summed E-state index contributed by atoms with van der Waals surface area (Å²) in [5.41, 5.74) is 1.81. The van der Waals surface area contributed by atoms with Crippen LogP contribution in [0.5, 0.6) is 5.75 Å². The van der Waals surface area contributed by atoms with E-state index in [4.69, 9.17) is 9.47 Å². The number of benzene rings is 1. The van der Waals surface area contributed by atoms with Crippen molar-refractivity contribution in [3.8, 4) is 5.75 Å². The number of hydrogen-bond donors (Lipinski definition) is 0. The number of rotatable bonds is 3. The SMILES string of the molecule is COc1ccc(CC2CC3(CCN(C)CC3)CO2)cc1. The molecule has 20 heavy (non-hydrogen) atoms. The molecule has 3 nitrogen and oxygen atoms in total. The standard InChI is InChI=1S/C17H25NO2/c1-18-9-7-17(8-10-18)12-16(20-13-17)11-14-3-5-15(19-2)6-4-14/h3-6,16H,7-13H2,1-2H3. The fourth-order valence-corrected chi connectivity index (χ4v) is 3.49. The molecule has 2 saturated heterocycles. The van der Waals surface area contributed by atoms with Crippen LogP contribution in [0.2, 0.25) is 0 Å². The lowest BCUT2D eigenvalue weighted by Gasteiger charge is -2.36. The summed E-state index contributed by atoms with van der Waals surface area (Å²) in [6.07, 6.45) is 5.24. The molecule has 0 amide bonds. The minimum Gasteiger partial charge on any atom is -0.497 e. The van der Waals surface area contributed by atoms with Crippen molar-refractivity contribution in [1.29, 1.82) is 0 Å². The molecule has 2 aliphatic rings. The molecule has 1 unspecified atom stereocenters. The molecule has 0 N–H and O–H groups in total. The van der Waals surface area contributed by atoms with Gasteiger partial charge in [-0.05, 0) is 68.9 Å².